The van der Waals surface area contributed by atoms with Crippen molar-refractivity contribution < 1.29 is 4.79 Å². The van der Waals surface area contributed by atoms with Crippen molar-refractivity contribution in [3.63, 3.8) is 0 Å². The van der Waals surface area contributed by atoms with Crippen LogP contribution in [0.25, 0.3) is 11.4 Å². The molecule has 0 radical (unpaired) electrons. The van der Waals surface area contributed by atoms with Crippen molar-refractivity contribution in [2.45, 2.75) is 19.3 Å². The average molecular weight is 386 g/mol. The third-order valence-corrected chi connectivity index (χ3v) is 5.60. The van der Waals surface area contributed by atoms with Gasteiger partial charge in [0.2, 0.25) is 0 Å². The van der Waals surface area contributed by atoms with Crippen LogP contribution < -0.4 is 4.90 Å². The number of piperazine rings is 1. The second kappa shape index (κ2) is 7.58. The van der Waals surface area contributed by atoms with Gasteiger partial charge in [0.05, 0.1) is 0 Å². The van der Waals surface area contributed by atoms with Gasteiger partial charge in [-0.2, -0.15) is 5.10 Å². The van der Waals surface area contributed by atoms with E-state index in [0.29, 0.717) is 18.8 Å². The number of carbonyl (C=O) groups is 1. The molecule has 1 saturated heterocycles. The maximum Gasteiger partial charge on any atom is 0.274 e. The van der Waals surface area contributed by atoms with Gasteiger partial charge in [-0.1, -0.05) is 30.3 Å². The van der Waals surface area contributed by atoms with Crippen molar-refractivity contribution in [1.29, 1.82) is 0 Å². The lowest BCUT2D eigenvalue weighted by Gasteiger charge is -2.36. The van der Waals surface area contributed by atoms with Gasteiger partial charge in [0, 0.05) is 49.2 Å². The molecule has 0 saturated carbocycles. The predicted octanol–water partition coefficient (Wildman–Crippen LogP) is 2.38. The minimum absolute atomic E-state index is 0.0596. The van der Waals surface area contributed by atoms with Gasteiger partial charge in [-0.3, -0.25) is 4.79 Å². The smallest absolute Gasteiger partial charge is 0.274 e. The molecule has 1 aromatic carbocycles. The lowest BCUT2D eigenvalue weighted by Crippen LogP contribution is -2.49. The summed E-state index contributed by atoms with van der Waals surface area (Å²) in [6.45, 7) is 2.80. The first-order chi connectivity index (χ1) is 14.3. The first-order valence-corrected chi connectivity index (χ1v) is 10.1. The van der Waals surface area contributed by atoms with Gasteiger partial charge in [-0.15, -0.1) is 5.10 Å². The summed E-state index contributed by atoms with van der Waals surface area (Å²) >= 11 is 0. The number of amides is 1. The van der Waals surface area contributed by atoms with E-state index in [2.05, 4.69) is 27.2 Å². The Morgan fingerprint density at radius 3 is 2.48 bits per heavy atom. The van der Waals surface area contributed by atoms with Crippen molar-refractivity contribution in [2.24, 2.45) is 0 Å². The number of nitrogens with zero attached hydrogens (tertiary/aromatic N) is 6. The number of hydrogen-bond acceptors (Lipinski definition) is 6. The Kier molecular flexibility index (Phi) is 4.63. The van der Waals surface area contributed by atoms with Crippen molar-refractivity contribution in [1.82, 2.24) is 25.1 Å². The number of rotatable bonds is 3. The first kappa shape index (κ1) is 17.7. The van der Waals surface area contributed by atoms with E-state index in [1.165, 1.54) is 11.3 Å². The zero-order chi connectivity index (χ0) is 19.6. The fourth-order valence-electron chi connectivity index (χ4n) is 4.09. The molecule has 7 nitrogen and oxygen atoms in total. The Morgan fingerprint density at radius 2 is 1.72 bits per heavy atom. The van der Waals surface area contributed by atoms with E-state index in [0.717, 1.165) is 49.6 Å². The fraction of sp³-hybridized carbons (Fsp3) is 0.318. The van der Waals surface area contributed by atoms with Crippen molar-refractivity contribution in [3.05, 3.63) is 65.6 Å². The molecule has 146 valence electrons. The third-order valence-electron chi connectivity index (χ3n) is 5.60. The number of anilines is 1. The van der Waals surface area contributed by atoms with E-state index in [4.69, 9.17) is 9.97 Å². The van der Waals surface area contributed by atoms with Crippen LogP contribution in [-0.2, 0) is 12.8 Å². The van der Waals surface area contributed by atoms with Crippen LogP contribution in [-0.4, -0.2) is 57.2 Å². The highest BCUT2D eigenvalue weighted by Crippen LogP contribution is 2.32. The number of aromatic nitrogens is 4. The van der Waals surface area contributed by atoms with Crippen LogP contribution >= 0.6 is 0 Å². The zero-order valence-corrected chi connectivity index (χ0v) is 16.2. The first-order valence-electron chi connectivity index (χ1n) is 10.1. The SMILES string of the molecule is O=C(c1cccnn1)N1CCN(c2nc(-c3ccccc3)nc3c2CCC3)CC1. The molecule has 7 heteroatoms. The van der Waals surface area contributed by atoms with E-state index in [-0.39, 0.29) is 5.91 Å². The molecule has 1 aliphatic carbocycles. The van der Waals surface area contributed by atoms with Crippen LogP contribution in [0.1, 0.15) is 28.2 Å². The summed E-state index contributed by atoms with van der Waals surface area (Å²) in [7, 11) is 0. The number of hydrogen-bond donors (Lipinski definition) is 0. The molecule has 1 amide bonds. The Bertz CT molecular complexity index is 1020. The standard InChI is InChI=1S/C22H22N6O/c29-22(19-10-5-11-23-26-19)28-14-12-27(13-15-28)21-17-8-4-9-18(17)24-20(25-21)16-6-2-1-3-7-16/h1-3,5-7,10-11H,4,8-9,12-15H2. The van der Waals surface area contributed by atoms with Gasteiger partial charge < -0.3 is 9.80 Å². The molecule has 1 fully saturated rings. The van der Waals surface area contributed by atoms with Crippen LogP contribution in [0, 0.1) is 0 Å². The van der Waals surface area contributed by atoms with E-state index in [1.54, 1.807) is 18.3 Å². The Hall–Kier alpha value is -3.35. The monoisotopic (exact) mass is 386 g/mol. The summed E-state index contributed by atoms with van der Waals surface area (Å²) < 4.78 is 0. The molecule has 2 aliphatic rings. The number of carbonyl (C=O) groups excluding carboxylic acids is 1. The zero-order valence-electron chi connectivity index (χ0n) is 16.2. The maximum atomic E-state index is 12.6. The maximum absolute atomic E-state index is 12.6. The molecular weight excluding hydrogens is 364 g/mol. The number of benzene rings is 1. The molecule has 3 heterocycles. The fourth-order valence-corrected chi connectivity index (χ4v) is 4.09. The summed E-state index contributed by atoms with van der Waals surface area (Å²) in [5, 5.41) is 7.76. The predicted molar refractivity (Wildman–Crippen MR) is 110 cm³/mol. The molecule has 0 N–H and O–H groups in total. The molecule has 2 aromatic heterocycles. The minimum atomic E-state index is -0.0596. The second-order valence-electron chi connectivity index (χ2n) is 7.40. The summed E-state index contributed by atoms with van der Waals surface area (Å²) in [4.78, 5) is 26.6. The minimum Gasteiger partial charge on any atom is -0.353 e. The van der Waals surface area contributed by atoms with Gasteiger partial charge in [0.15, 0.2) is 11.5 Å². The number of fused-ring (bicyclic) bond motifs is 1. The van der Waals surface area contributed by atoms with Gasteiger partial charge in [-0.25, -0.2) is 9.97 Å². The molecule has 29 heavy (non-hydrogen) atoms. The van der Waals surface area contributed by atoms with Gasteiger partial charge in [0.1, 0.15) is 5.82 Å². The normalized spacial score (nSPS) is 16.0. The molecule has 0 spiro atoms. The van der Waals surface area contributed by atoms with Gasteiger partial charge in [0.25, 0.3) is 5.91 Å². The molecule has 1 aliphatic heterocycles. The molecular formula is C22H22N6O. The lowest BCUT2D eigenvalue weighted by atomic mass is 10.1. The van der Waals surface area contributed by atoms with Gasteiger partial charge >= 0.3 is 0 Å². The highest BCUT2D eigenvalue weighted by Gasteiger charge is 2.28. The van der Waals surface area contributed by atoms with Crippen molar-refractivity contribution in [3.8, 4) is 11.4 Å². The lowest BCUT2D eigenvalue weighted by molar-refractivity contribution is 0.0739. The topological polar surface area (TPSA) is 75.1 Å². The quantitative estimate of drug-likeness (QED) is 0.688. The largest absolute Gasteiger partial charge is 0.353 e. The summed E-state index contributed by atoms with van der Waals surface area (Å²) in [5.74, 6) is 1.77. The highest BCUT2D eigenvalue weighted by atomic mass is 16.2. The molecule has 0 atom stereocenters. The highest BCUT2D eigenvalue weighted by molar-refractivity contribution is 5.92. The summed E-state index contributed by atoms with van der Waals surface area (Å²) in [5.41, 5.74) is 3.89. The summed E-state index contributed by atoms with van der Waals surface area (Å²) in [6.07, 6.45) is 4.74. The molecule has 3 aromatic rings. The van der Waals surface area contributed by atoms with E-state index >= 15 is 0 Å². The number of aryl methyl sites for hydroxylation is 1. The Balaban J connectivity index is 1.38. The second-order valence-corrected chi connectivity index (χ2v) is 7.40. The van der Waals surface area contributed by atoms with E-state index < -0.39 is 0 Å². The van der Waals surface area contributed by atoms with E-state index in [9.17, 15) is 4.79 Å². The molecule has 0 unspecified atom stereocenters. The Morgan fingerprint density at radius 1 is 0.897 bits per heavy atom. The van der Waals surface area contributed by atoms with Crippen LogP contribution in [0.3, 0.4) is 0 Å². The van der Waals surface area contributed by atoms with Crippen molar-refractivity contribution >= 4 is 11.7 Å². The Labute approximate surface area is 169 Å². The third kappa shape index (κ3) is 3.44. The average Bonchev–Trinajstić information content (AvgIpc) is 3.28. The molecule has 5 rings (SSSR count). The van der Waals surface area contributed by atoms with Crippen LogP contribution in [0.2, 0.25) is 0 Å². The van der Waals surface area contributed by atoms with Crippen LogP contribution in [0.15, 0.2) is 48.7 Å². The van der Waals surface area contributed by atoms with Crippen LogP contribution in [0.4, 0.5) is 5.82 Å². The summed E-state index contributed by atoms with van der Waals surface area (Å²) in [6, 6.07) is 13.6. The van der Waals surface area contributed by atoms with E-state index in [1.807, 2.05) is 23.1 Å². The van der Waals surface area contributed by atoms with Gasteiger partial charge in [-0.05, 0) is 31.4 Å². The van der Waals surface area contributed by atoms with Crippen molar-refractivity contribution in [2.75, 3.05) is 31.1 Å². The molecule has 0 bridgehead atoms. The van der Waals surface area contributed by atoms with Crippen LogP contribution in [0.5, 0.6) is 0 Å².